The molecule has 0 aromatic carbocycles. The molecule has 1 aliphatic heterocycles. The van der Waals surface area contributed by atoms with Crippen LogP contribution in [0.25, 0.3) is 0 Å². The first-order valence-electron chi connectivity index (χ1n) is 8.66. The van der Waals surface area contributed by atoms with Crippen molar-refractivity contribution < 1.29 is 9.59 Å². The molecule has 2 N–H and O–H groups in total. The lowest BCUT2D eigenvalue weighted by molar-refractivity contribution is -0.133. The second-order valence-electron chi connectivity index (χ2n) is 6.95. The predicted molar refractivity (Wildman–Crippen MR) is 84.4 cm³/mol. The van der Waals surface area contributed by atoms with Gasteiger partial charge in [0, 0.05) is 32.2 Å². The molecule has 3 aliphatic rings. The van der Waals surface area contributed by atoms with Gasteiger partial charge in [-0.1, -0.05) is 0 Å². The number of hydrogen-bond donors (Lipinski definition) is 2. The Morgan fingerprint density at radius 3 is 2.36 bits per heavy atom. The van der Waals surface area contributed by atoms with Crippen molar-refractivity contribution in [1.29, 1.82) is 0 Å². The first-order chi connectivity index (χ1) is 10.6. The molecule has 0 spiro atoms. The van der Waals surface area contributed by atoms with Crippen LogP contribution in [0.2, 0.25) is 0 Å². The van der Waals surface area contributed by atoms with E-state index in [1.54, 1.807) is 0 Å². The summed E-state index contributed by atoms with van der Waals surface area (Å²) in [6.07, 6.45) is 4.85. The molecule has 1 heterocycles. The molecular weight excluding hydrogens is 280 g/mol. The van der Waals surface area contributed by atoms with E-state index in [0.29, 0.717) is 12.6 Å². The van der Waals surface area contributed by atoms with Gasteiger partial charge >= 0.3 is 0 Å². The van der Waals surface area contributed by atoms with Crippen molar-refractivity contribution in [2.75, 3.05) is 39.3 Å². The summed E-state index contributed by atoms with van der Waals surface area (Å²) in [6, 6.07) is 0.321. The average molecular weight is 308 g/mol. The van der Waals surface area contributed by atoms with Crippen LogP contribution in [-0.2, 0) is 9.59 Å². The van der Waals surface area contributed by atoms with Gasteiger partial charge in [0.2, 0.25) is 11.8 Å². The van der Waals surface area contributed by atoms with Gasteiger partial charge in [-0.25, -0.2) is 0 Å². The molecule has 1 atom stereocenters. The quantitative estimate of drug-likeness (QED) is 0.683. The molecule has 124 valence electrons. The van der Waals surface area contributed by atoms with Crippen molar-refractivity contribution >= 4 is 11.8 Å². The minimum atomic E-state index is -0.0918. The molecule has 0 radical (unpaired) electrons. The van der Waals surface area contributed by atoms with E-state index in [9.17, 15) is 9.59 Å². The van der Waals surface area contributed by atoms with Crippen molar-refractivity contribution in [1.82, 2.24) is 20.4 Å². The lowest BCUT2D eigenvalue weighted by Crippen LogP contribution is -2.56. The Labute approximate surface area is 132 Å². The monoisotopic (exact) mass is 308 g/mol. The van der Waals surface area contributed by atoms with Crippen molar-refractivity contribution in [3.05, 3.63) is 0 Å². The molecule has 6 nitrogen and oxygen atoms in total. The molecule has 3 rings (SSSR count). The third kappa shape index (κ3) is 4.43. The zero-order chi connectivity index (χ0) is 15.5. The maximum absolute atomic E-state index is 12.1. The summed E-state index contributed by atoms with van der Waals surface area (Å²) in [5.74, 6) is 1.12. The molecule has 22 heavy (non-hydrogen) atoms. The van der Waals surface area contributed by atoms with Gasteiger partial charge in [-0.15, -0.1) is 0 Å². The van der Waals surface area contributed by atoms with Crippen LogP contribution in [-0.4, -0.2) is 73.0 Å². The fourth-order valence-corrected chi connectivity index (χ4v) is 2.89. The first-order valence-corrected chi connectivity index (χ1v) is 8.66. The molecule has 2 aliphatic carbocycles. The minimum absolute atomic E-state index is 0.0918. The van der Waals surface area contributed by atoms with Crippen LogP contribution in [0.1, 0.15) is 32.6 Å². The maximum Gasteiger partial charge on any atom is 0.237 e. The standard InChI is InChI=1S/C16H28N4O2/c1-12(16(22)18-14-4-5-14)19-6-8-20(9-7-19)15(21)11-17-10-13-2-3-13/h12-14,17H,2-11H2,1H3,(H,18,22). The highest BCUT2D eigenvalue weighted by Crippen LogP contribution is 2.27. The van der Waals surface area contributed by atoms with Crippen LogP contribution in [0.15, 0.2) is 0 Å². The number of rotatable bonds is 7. The highest BCUT2D eigenvalue weighted by Gasteiger charge is 2.30. The third-order valence-electron chi connectivity index (χ3n) is 4.92. The van der Waals surface area contributed by atoms with Gasteiger partial charge in [-0.2, -0.15) is 0 Å². The second kappa shape index (κ2) is 6.96. The van der Waals surface area contributed by atoms with E-state index in [0.717, 1.165) is 51.5 Å². The number of nitrogens with zero attached hydrogens (tertiary/aromatic N) is 2. The van der Waals surface area contributed by atoms with Gasteiger partial charge in [0.1, 0.15) is 0 Å². The van der Waals surface area contributed by atoms with Gasteiger partial charge in [0.25, 0.3) is 0 Å². The van der Waals surface area contributed by atoms with Gasteiger partial charge in [-0.05, 0) is 45.1 Å². The fraction of sp³-hybridized carbons (Fsp3) is 0.875. The number of carbonyl (C=O) groups is 2. The highest BCUT2D eigenvalue weighted by molar-refractivity contribution is 5.82. The molecule has 0 aromatic heterocycles. The number of hydrogen-bond acceptors (Lipinski definition) is 4. The Balaban J connectivity index is 1.35. The summed E-state index contributed by atoms with van der Waals surface area (Å²) in [5.41, 5.74) is 0. The van der Waals surface area contributed by atoms with Gasteiger partial charge < -0.3 is 15.5 Å². The number of nitrogens with one attached hydrogen (secondary N) is 2. The first kappa shape index (κ1) is 15.7. The van der Waals surface area contributed by atoms with Crippen LogP contribution in [0, 0.1) is 5.92 Å². The van der Waals surface area contributed by atoms with Crippen molar-refractivity contribution in [2.45, 2.75) is 44.7 Å². The zero-order valence-electron chi connectivity index (χ0n) is 13.5. The molecule has 3 fully saturated rings. The Bertz CT molecular complexity index is 412. The van der Waals surface area contributed by atoms with E-state index < -0.39 is 0 Å². The smallest absolute Gasteiger partial charge is 0.237 e. The predicted octanol–water partition coefficient (Wildman–Crippen LogP) is -0.203. The highest BCUT2D eigenvalue weighted by atomic mass is 16.2. The van der Waals surface area contributed by atoms with Crippen LogP contribution in [0.4, 0.5) is 0 Å². The van der Waals surface area contributed by atoms with Crippen LogP contribution >= 0.6 is 0 Å². The van der Waals surface area contributed by atoms with Crippen molar-refractivity contribution in [3.8, 4) is 0 Å². The minimum Gasteiger partial charge on any atom is -0.352 e. The van der Waals surface area contributed by atoms with E-state index in [1.807, 2.05) is 11.8 Å². The van der Waals surface area contributed by atoms with Crippen molar-refractivity contribution in [2.24, 2.45) is 5.92 Å². The Hall–Kier alpha value is -1.14. The lowest BCUT2D eigenvalue weighted by Gasteiger charge is -2.37. The zero-order valence-corrected chi connectivity index (χ0v) is 13.5. The molecule has 1 saturated heterocycles. The van der Waals surface area contributed by atoms with Crippen molar-refractivity contribution in [3.63, 3.8) is 0 Å². The topological polar surface area (TPSA) is 64.7 Å². The molecule has 0 bridgehead atoms. The van der Waals surface area contributed by atoms with Gasteiger partial charge in [0.15, 0.2) is 0 Å². The largest absolute Gasteiger partial charge is 0.352 e. The van der Waals surface area contributed by atoms with Gasteiger partial charge in [0.05, 0.1) is 12.6 Å². The summed E-state index contributed by atoms with van der Waals surface area (Å²) >= 11 is 0. The summed E-state index contributed by atoms with van der Waals surface area (Å²) in [7, 11) is 0. The maximum atomic E-state index is 12.1. The summed E-state index contributed by atoms with van der Waals surface area (Å²) < 4.78 is 0. The normalized spacial score (nSPS) is 24.1. The summed E-state index contributed by atoms with van der Waals surface area (Å²) in [6.45, 7) is 6.42. The van der Waals surface area contributed by atoms with E-state index in [2.05, 4.69) is 15.5 Å². The Morgan fingerprint density at radius 1 is 1.09 bits per heavy atom. The summed E-state index contributed by atoms with van der Waals surface area (Å²) in [5, 5.41) is 6.31. The van der Waals surface area contributed by atoms with Crippen LogP contribution < -0.4 is 10.6 Å². The summed E-state index contributed by atoms with van der Waals surface area (Å²) in [4.78, 5) is 28.3. The molecular formula is C16H28N4O2. The van der Waals surface area contributed by atoms with Crippen LogP contribution in [0.5, 0.6) is 0 Å². The number of piperazine rings is 1. The Kier molecular flexibility index (Phi) is 4.98. The van der Waals surface area contributed by atoms with Gasteiger partial charge in [-0.3, -0.25) is 14.5 Å². The molecule has 6 heteroatoms. The Morgan fingerprint density at radius 2 is 1.77 bits per heavy atom. The third-order valence-corrected chi connectivity index (χ3v) is 4.92. The number of amides is 2. The molecule has 2 saturated carbocycles. The average Bonchev–Trinajstić information content (AvgIpc) is 3.42. The van der Waals surface area contributed by atoms with E-state index in [4.69, 9.17) is 0 Å². The van der Waals surface area contributed by atoms with Crippen LogP contribution in [0.3, 0.4) is 0 Å². The second-order valence-corrected chi connectivity index (χ2v) is 6.95. The van der Waals surface area contributed by atoms with E-state index in [-0.39, 0.29) is 17.9 Å². The molecule has 0 aromatic rings. The lowest BCUT2D eigenvalue weighted by atomic mass is 10.2. The number of carbonyl (C=O) groups excluding carboxylic acids is 2. The molecule has 2 amide bonds. The molecule has 1 unspecified atom stereocenters. The fourth-order valence-electron chi connectivity index (χ4n) is 2.89. The SMILES string of the molecule is CC(C(=O)NC1CC1)N1CCN(C(=O)CNCC2CC2)CC1. The van der Waals surface area contributed by atoms with E-state index in [1.165, 1.54) is 12.8 Å². The van der Waals surface area contributed by atoms with E-state index >= 15 is 0 Å².